The minimum Gasteiger partial charge on any atom is -0.452 e. The summed E-state index contributed by atoms with van der Waals surface area (Å²) in [5.41, 5.74) is 4.94. The second kappa shape index (κ2) is 9.19. The number of rotatable bonds is 5. The summed E-state index contributed by atoms with van der Waals surface area (Å²) >= 11 is 5.89. The molecule has 3 rings (SSSR count). The quantitative estimate of drug-likeness (QED) is 0.423. The van der Waals surface area contributed by atoms with Crippen LogP contribution in [0.3, 0.4) is 0 Å². The Morgan fingerprint density at radius 2 is 1.57 bits per heavy atom. The molecule has 2 aromatic rings. The SMILES string of the molecule is O=C(COC(=O)c1ccc(N2C(=O)CCC2=O)cc1)NNC(=O)c1ccccc1Cl. The highest BCUT2D eigenvalue weighted by Gasteiger charge is 2.30. The van der Waals surface area contributed by atoms with Gasteiger partial charge in [0.25, 0.3) is 11.8 Å². The maximum atomic E-state index is 12.1. The molecule has 0 unspecified atom stereocenters. The van der Waals surface area contributed by atoms with Crippen LogP contribution in [-0.2, 0) is 19.1 Å². The summed E-state index contributed by atoms with van der Waals surface area (Å²) in [6.45, 7) is -0.632. The van der Waals surface area contributed by atoms with Crippen LogP contribution in [0.25, 0.3) is 0 Å². The molecule has 2 aromatic carbocycles. The van der Waals surface area contributed by atoms with Crippen LogP contribution >= 0.6 is 11.6 Å². The Labute approximate surface area is 175 Å². The number of anilines is 1. The van der Waals surface area contributed by atoms with Crippen molar-refractivity contribution in [2.45, 2.75) is 12.8 Å². The van der Waals surface area contributed by atoms with Crippen LogP contribution in [0.5, 0.6) is 0 Å². The van der Waals surface area contributed by atoms with Gasteiger partial charge in [-0.05, 0) is 36.4 Å². The standard InChI is InChI=1S/C20H16ClN3O6/c21-15-4-2-1-3-14(15)19(28)23-22-16(25)11-30-20(29)12-5-7-13(8-6-12)24-17(26)9-10-18(24)27/h1-8H,9-11H2,(H,22,25)(H,23,28). The summed E-state index contributed by atoms with van der Waals surface area (Å²) < 4.78 is 4.88. The van der Waals surface area contributed by atoms with E-state index in [1.165, 1.54) is 36.4 Å². The van der Waals surface area contributed by atoms with E-state index in [0.717, 1.165) is 4.90 Å². The zero-order valence-electron chi connectivity index (χ0n) is 15.5. The largest absolute Gasteiger partial charge is 0.452 e. The number of nitrogens with zero attached hydrogens (tertiary/aromatic N) is 1. The molecule has 0 aliphatic carbocycles. The van der Waals surface area contributed by atoms with Crippen LogP contribution in [0.4, 0.5) is 5.69 Å². The van der Waals surface area contributed by atoms with Gasteiger partial charge in [0.2, 0.25) is 11.8 Å². The molecule has 0 bridgehead atoms. The summed E-state index contributed by atoms with van der Waals surface area (Å²) in [7, 11) is 0. The Balaban J connectivity index is 1.48. The molecule has 9 nitrogen and oxygen atoms in total. The molecule has 154 valence electrons. The third-order valence-electron chi connectivity index (χ3n) is 4.18. The van der Waals surface area contributed by atoms with Gasteiger partial charge in [0.1, 0.15) is 0 Å². The first-order chi connectivity index (χ1) is 14.4. The van der Waals surface area contributed by atoms with Crippen molar-refractivity contribution in [2.24, 2.45) is 0 Å². The average molecular weight is 430 g/mol. The number of imide groups is 1. The summed E-state index contributed by atoms with van der Waals surface area (Å²) in [4.78, 5) is 60.3. The van der Waals surface area contributed by atoms with Crippen LogP contribution in [0.2, 0.25) is 5.02 Å². The van der Waals surface area contributed by atoms with E-state index in [2.05, 4.69) is 10.9 Å². The van der Waals surface area contributed by atoms with Crippen LogP contribution < -0.4 is 15.8 Å². The molecular weight excluding hydrogens is 414 g/mol. The molecule has 0 spiro atoms. The fraction of sp³-hybridized carbons (Fsp3) is 0.150. The smallest absolute Gasteiger partial charge is 0.338 e. The highest BCUT2D eigenvalue weighted by atomic mass is 35.5. The number of ether oxygens (including phenoxy) is 1. The van der Waals surface area contributed by atoms with Crippen molar-refractivity contribution in [2.75, 3.05) is 11.5 Å². The van der Waals surface area contributed by atoms with E-state index in [4.69, 9.17) is 16.3 Å². The van der Waals surface area contributed by atoms with Crippen molar-refractivity contribution in [3.05, 3.63) is 64.7 Å². The molecule has 0 atom stereocenters. The molecular formula is C20H16ClN3O6. The van der Waals surface area contributed by atoms with Gasteiger partial charge >= 0.3 is 5.97 Å². The number of carbonyl (C=O) groups excluding carboxylic acids is 5. The molecule has 0 saturated carbocycles. The van der Waals surface area contributed by atoms with E-state index in [1.807, 2.05) is 0 Å². The van der Waals surface area contributed by atoms with Crippen molar-refractivity contribution in [1.29, 1.82) is 0 Å². The average Bonchev–Trinajstić information content (AvgIpc) is 3.08. The molecule has 1 heterocycles. The number of hydrazine groups is 1. The zero-order chi connectivity index (χ0) is 21.7. The lowest BCUT2D eigenvalue weighted by atomic mass is 10.2. The molecule has 30 heavy (non-hydrogen) atoms. The maximum absolute atomic E-state index is 12.1. The Kier molecular flexibility index (Phi) is 6.43. The van der Waals surface area contributed by atoms with Gasteiger partial charge in [0.05, 0.1) is 21.8 Å². The minimum atomic E-state index is -0.784. The molecule has 10 heteroatoms. The predicted molar refractivity (Wildman–Crippen MR) is 106 cm³/mol. The predicted octanol–water partition coefficient (Wildman–Crippen LogP) is 1.61. The van der Waals surface area contributed by atoms with Crippen molar-refractivity contribution in [3.8, 4) is 0 Å². The number of benzene rings is 2. The lowest BCUT2D eigenvalue weighted by Crippen LogP contribution is -2.43. The van der Waals surface area contributed by atoms with Crippen LogP contribution in [0, 0.1) is 0 Å². The highest BCUT2D eigenvalue weighted by Crippen LogP contribution is 2.23. The van der Waals surface area contributed by atoms with Crippen LogP contribution in [0.15, 0.2) is 48.5 Å². The fourth-order valence-electron chi connectivity index (χ4n) is 2.70. The third kappa shape index (κ3) is 4.81. The molecule has 1 fully saturated rings. The van der Waals surface area contributed by atoms with Gasteiger partial charge in [0.15, 0.2) is 6.61 Å². The lowest BCUT2D eigenvalue weighted by molar-refractivity contribution is -0.125. The minimum absolute atomic E-state index is 0.130. The van der Waals surface area contributed by atoms with Gasteiger partial charge in [-0.15, -0.1) is 0 Å². The van der Waals surface area contributed by atoms with E-state index in [1.54, 1.807) is 12.1 Å². The van der Waals surface area contributed by atoms with E-state index < -0.39 is 24.4 Å². The van der Waals surface area contributed by atoms with Gasteiger partial charge < -0.3 is 4.74 Å². The zero-order valence-corrected chi connectivity index (χ0v) is 16.3. The summed E-state index contributed by atoms with van der Waals surface area (Å²) in [6, 6.07) is 11.9. The second-order valence-corrected chi connectivity index (χ2v) is 6.64. The molecule has 1 aliphatic heterocycles. The number of carbonyl (C=O) groups is 5. The van der Waals surface area contributed by atoms with Gasteiger partial charge in [-0.1, -0.05) is 23.7 Å². The highest BCUT2D eigenvalue weighted by molar-refractivity contribution is 6.33. The number of nitrogens with one attached hydrogen (secondary N) is 2. The molecule has 2 N–H and O–H groups in total. The second-order valence-electron chi connectivity index (χ2n) is 6.23. The first-order valence-corrected chi connectivity index (χ1v) is 9.21. The number of esters is 1. The summed E-state index contributed by atoms with van der Waals surface area (Å²) in [5.74, 6) is -2.76. The number of hydrogen-bond acceptors (Lipinski definition) is 6. The first kappa shape index (κ1) is 21.0. The number of amides is 4. The van der Waals surface area contributed by atoms with Crippen molar-refractivity contribution in [3.63, 3.8) is 0 Å². The Hall–Kier alpha value is -3.72. The fourth-order valence-corrected chi connectivity index (χ4v) is 2.92. The number of hydrogen-bond donors (Lipinski definition) is 2. The summed E-state index contributed by atoms with van der Waals surface area (Å²) in [5, 5.41) is 0.219. The van der Waals surface area contributed by atoms with E-state index in [9.17, 15) is 24.0 Å². The van der Waals surface area contributed by atoms with E-state index in [-0.39, 0.29) is 40.8 Å². The maximum Gasteiger partial charge on any atom is 0.338 e. The van der Waals surface area contributed by atoms with Gasteiger partial charge in [-0.2, -0.15) is 0 Å². The van der Waals surface area contributed by atoms with Crippen molar-refractivity contribution in [1.82, 2.24) is 10.9 Å². The van der Waals surface area contributed by atoms with E-state index in [0.29, 0.717) is 5.69 Å². The van der Waals surface area contributed by atoms with Gasteiger partial charge in [-0.3, -0.25) is 34.9 Å². The lowest BCUT2D eigenvalue weighted by Gasteiger charge is -2.14. The molecule has 1 aliphatic rings. The molecule has 1 saturated heterocycles. The molecule has 4 amide bonds. The van der Waals surface area contributed by atoms with Crippen LogP contribution in [-0.4, -0.2) is 36.2 Å². The summed E-state index contributed by atoms with van der Waals surface area (Å²) in [6.07, 6.45) is 0.315. The third-order valence-corrected chi connectivity index (χ3v) is 4.51. The topological polar surface area (TPSA) is 122 Å². The van der Waals surface area contributed by atoms with E-state index >= 15 is 0 Å². The van der Waals surface area contributed by atoms with Gasteiger partial charge in [0, 0.05) is 12.8 Å². The monoisotopic (exact) mass is 429 g/mol. The Bertz CT molecular complexity index is 1010. The van der Waals surface area contributed by atoms with Crippen molar-refractivity contribution < 1.29 is 28.7 Å². The first-order valence-electron chi connectivity index (χ1n) is 8.83. The van der Waals surface area contributed by atoms with Crippen LogP contribution in [0.1, 0.15) is 33.6 Å². The normalized spacial score (nSPS) is 13.2. The Morgan fingerprint density at radius 1 is 0.933 bits per heavy atom. The number of halogens is 1. The van der Waals surface area contributed by atoms with Gasteiger partial charge in [-0.25, -0.2) is 4.79 Å². The molecule has 0 radical (unpaired) electrons. The molecule has 0 aromatic heterocycles. The Morgan fingerprint density at radius 3 is 2.20 bits per heavy atom. The van der Waals surface area contributed by atoms with Crippen molar-refractivity contribution >= 4 is 46.9 Å².